The molecular weight excluding hydrogens is 350 g/mol. The lowest BCUT2D eigenvalue weighted by Gasteiger charge is -2.46. The largest absolute Gasteiger partial charge is 0.491 e. The molecule has 28 heavy (non-hydrogen) atoms. The van der Waals surface area contributed by atoms with Crippen LogP contribution in [0.25, 0.3) is 0 Å². The second kappa shape index (κ2) is 7.47. The topological polar surface area (TPSA) is 109 Å². The summed E-state index contributed by atoms with van der Waals surface area (Å²) in [5, 5.41) is 38.3. The number of hydrogen-bond acceptors (Lipinski definition) is 5. The minimum absolute atomic E-state index is 0.0486. The lowest BCUT2D eigenvalue weighted by atomic mass is 9.54. The van der Waals surface area contributed by atoms with Gasteiger partial charge in [-0.1, -0.05) is 12.1 Å². The van der Waals surface area contributed by atoms with E-state index in [1.807, 2.05) is 44.2 Å². The smallest absolute Gasteiger partial charge is 0.189 e. The summed E-state index contributed by atoms with van der Waals surface area (Å²) in [6.07, 6.45) is 2.07. The van der Waals surface area contributed by atoms with Crippen LogP contribution in [0.5, 0.6) is 5.75 Å². The van der Waals surface area contributed by atoms with Crippen LogP contribution in [0.3, 0.4) is 0 Å². The molecule has 1 aliphatic heterocycles. The Labute approximate surface area is 165 Å². The van der Waals surface area contributed by atoms with Gasteiger partial charge < -0.3 is 15.0 Å². The summed E-state index contributed by atoms with van der Waals surface area (Å²) in [5.41, 5.74) is -0.0484. The van der Waals surface area contributed by atoms with Crippen LogP contribution in [0, 0.1) is 56.7 Å². The molecule has 2 N–H and O–H groups in total. The number of likely N-dealkylation sites (N-methyl/N-ethyl adjacent to an activating group) is 1. The summed E-state index contributed by atoms with van der Waals surface area (Å²) in [5.74, 6) is -0.712. The highest BCUT2D eigenvalue weighted by Crippen LogP contribution is 2.52. The van der Waals surface area contributed by atoms with Crippen LogP contribution < -0.4 is 9.64 Å². The molecule has 0 aromatic heterocycles. The van der Waals surface area contributed by atoms with Crippen molar-refractivity contribution in [3.05, 3.63) is 41.5 Å². The summed E-state index contributed by atoms with van der Waals surface area (Å²) in [7, 11) is 2.06. The Morgan fingerprint density at radius 2 is 1.82 bits per heavy atom. The van der Waals surface area contributed by atoms with Crippen molar-refractivity contribution in [2.24, 2.45) is 17.3 Å². The molecule has 1 unspecified atom stereocenters. The second-order valence-corrected chi connectivity index (χ2v) is 7.90. The van der Waals surface area contributed by atoms with Gasteiger partial charge in [0.15, 0.2) is 5.41 Å². The van der Waals surface area contributed by atoms with Gasteiger partial charge in [0.2, 0.25) is 0 Å². The Morgan fingerprint density at radius 1 is 1.18 bits per heavy atom. The molecule has 4 atom stereocenters. The fourth-order valence-corrected chi connectivity index (χ4v) is 4.46. The number of nitrogens with zero attached hydrogens (tertiary/aromatic N) is 3. The average Bonchev–Trinajstić information content (AvgIpc) is 2.68. The third kappa shape index (κ3) is 3.05. The van der Waals surface area contributed by atoms with E-state index in [1.54, 1.807) is 0 Å². The van der Waals surface area contributed by atoms with Gasteiger partial charge in [-0.3, -0.25) is 0 Å². The second-order valence-electron chi connectivity index (χ2n) is 7.90. The zero-order valence-electron chi connectivity index (χ0n) is 16.4. The number of rotatable bonds is 3. The lowest BCUT2D eigenvalue weighted by molar-refractivity contribution is -0.878. The molecule has 1 heterocycles. The fraction of sp³-hybridized carbons (Fsp3) is 0.455. The first-order valence-electron chi connectivity index (χ1n) is 9.46. The van der Waals surface area contributed by atoms with Crippen LogP contribution in [-0.4, -0.2) is 32.0 Å². The Kier molecular flexibility index (Phi) is 5.23. The van der Waals surface area contributed by atoms with E-state index in [2.05, 4.69) is 25.3 Å². The monoisotopic (exact) mass is 374 g/mol. The van der Waals surface area contributed by atoms with Crippen LogP contribution in [0.1, 0.15) is 25.3 Å². The van der Waals surface area contributed by atoms with Gasteiger partial charge in [-0.25, -0.2) is 0 Å². The van der Waals surface area contributed by atoms with Crippen molar-refractivity contribution in [2.75, 3.05) is 20.1 Å². The van der Waals surface area contributed by atoms with E-state index < -0.39 is 17.3 Å². The van der Waals surface area contributed by atoms with Crippen molar-refractivity contribution in [1.29, 1.82) is 21.2 Å². The first-order valence-corrected chi connectivity index (χ1v) is 9.46. The van der Waals surface area contributed by atoms with Crippen LogP contribution in [-0.2, 0) is 0 Å². The molecule has 3 rings (SSSR count). The van der Waals surface area contributed by atoms with E-state index in [0.29, 0.717) is 0 Å². The van der Waals surface area contributed by atoms with Crippen molar-refractivity contribution in [3.63, 3.8) is 0 Å². The minimum Gasteiger partial charge on any atom is -0.491 e. The Bertz CT molecular complexity index is 912. The first-order chi connectivity index (χ1) is 13.4. The highest BCUT2D eigenvalue weighted by Gasteiger charge is 2.58. The van der Waals surface area contributed by atoms with Gasteiger partial charge in [-0.2, -0.15) is 15.8 Å². The molecule has 0 saturated heterocycles. The minimum atomic E-state index is -1.65. The molecule has 0 spiro atoms. The molecule has 0 bridgehead atoms. The number of nitrogens with one attached hydrogen (secondary N) is 2. The summed E-state index contributed by atoms with van der Waals surface area (Å²) in [6, 6.07) is 13.9. The zero-order chi connectivity index (χ0) is 20.5. The molecule has 6 heteroatoms. The van der Waals surface area contributed by atoms with E-state index in [0.717, 1.165) is 30.0 Å². The Balaban J connectivity index is 2.15. The maximum absolute atomic E-state index is 10.0. The molecule has 1 aromatic rings. The Morgan fingerprint density at radius 3 is 2.36 bits per heavy atom. The molecule has 1 saturated carbocycles. The summed E-state index contributed by atoms with van der Waals surface area (Å²) >= 11 is 0. The maximum atomic E-state index is 10.0. The number of fused-ring (bicyclic) bond motifs is 1. The van der Waals surface area contributed by atoms with Crippen molar-refractivity contribution >= 4 is 5.71 Å². The molecule has 142 valence electrons. The van der Waals surface area contributed by atoms with Gasteiger partial charge in [-0.05, 0) is 43.2 Å². The predicted octanol–water partition coefficient (Wildman–Crippen LogP) is 1.84. The SMILES string of the molecule is CC(C)Oc1ccc([C@@H]2[C@@H]3C[NH+](C)CC=C3[C@H](C#N)C(=N)C2(C#N)C#N)cc1. The van der Waals surface area contributed by atoms with Gasteiger partial charge in [0.1, 0.15) is 11.7 Å². The summed E-state index contributed by atoms with van der Waals surface area (Å²) in [6.45, 7) is 5.40. The number of quaternary nitrogens is 1. The van der Waals surface area contributed by atoms with Crippen LogP contribution >= 0.6 is 0 Å². The van der Waals surface area contributed by atoms with E-state index in [4.69, 9.17) is 10.1 Å². The number of hydrogen-bond donors (Lipinski definition) is 2. The molecular formula is C22H24N5O+. The van der Waals surface area contributed by atoms with Gasteiger partial charge in [0, 0.05) is 11.8 Å². The standard InChI is InChI=1S/C22H23N5O/c1-14(2)28-16-6-4-15(5-7-16)20-19-11-27(3)9-8-17(19)18(10-23)21(26)22(20,12-24)13-25/h4-8,14,18-20,26H,9,11H2,1-3H3/p+1/t18-,19+,20+/m0/s1. The maximum Gasteiger partial charge on any atom is 0.189 e. The van der Waals surface area contributed by atoms with Crippen molar-refractivity contribution in [2.45, 2.75) is 25.9 Å². The number of ether oxygens (including phenoxy) is 1. The van der Waals surface area contributed by atoms with E-state index in [9.17, 15) is 15.8 Å². The van der Waals surface area contributed by atoms with Gasteiger partial charge in [-0.15, -0.1) is 0 Å². The quantitative estimate of drug-likeness (QED) is 0.787. The van der Waals surface area contributed by atoms with Crippen LogP contribution in [0.15, 0.2) is 35.9 Å². The normalized spacial score (nSPS) is 28.3. The molecule has 2 aliphatic rings. The highest BCUT2D eigenvalue weighted by molar-refractivity contribution is 6.00. The van der Waals surface area contributed by atoms with Crippen LogP contribution in [0.2, 0.25) is 0 Å². The third-order valence-electron chi connectivity index (χ3n) is 5.69. The van der Waals surface area contributed by atoms with Crippen molar-refractivity contribution in [1.82, 2.24) is 0 Å². The third-order valence-corrected chi connectivity index (χ3v) is 5.69. The van der Waals surface area contributed by atoms with Crippen molar-refractivity contribution in [3.8, 4) is 24.0 Å². The molecule has 1 aromatic carbocycles. The number of nitriles is 3. The van der Waals surface area contributed by atoms with Gasteiger partial charge >= 0.3 is 0 Å². The molecule has 1 aliphatic carbocycles. The average molecular weight is 374 g/mol. The highest BCUT2D eigenvalue weighted by atomic mass is 16.5. The summed E-state index contributed by atoms with van der Waals surface area (Å²) in [4.78, 5) is 1.26. The summed E-state index contributed by atoms with van der Waals surface area (Å²) < 4.78 is 5.71. The molecule has 6 nitrogen and oxygen atoms in total. The lowest BCUT2D eigenvalue weighted by Crippen LogP contribution is -3.10. The molecule has 0 radical (unpaired) electrons. The first kappa shape index (κ1) is 19.6. The fourth-order valence-electron chi connectivity index (χ4n) is 4.46. The van der Waals surface area contributed by atoms with E-state index >= 15 is 0 Å². The van der Waals surface area contributed by atoms with Crippen molar-refractivity contribution < 1.29 is 9.64 Å². The van der Waals surface area contributed by atoms with Gasteiger partial charge in [0.25, 0.3) is 0 Å². The van der Waals surface area contributed by atoms with E-state index in [-0.39, 0.29) is 17.7 Å². The Hall–Kier alpha value is -3.14. The molecule has 1 fully saturated rings. The van der Waals surface area contributed by atoms with Gasteiger partial charge in [0.05, 0.1) is 50.2 Å². The number of benzene rings is 1. The van der Waals surface area contributed by atoms with Crippen LogP contribution in [0.4, 0.5) is 0 Å². The zero-order valence-corrected chi connectivity index (χ0v) is 16.4. The van der Waals surface area contributed by atoms with E-state index in [1.165, 1.54) is 4.90 Å². The molecule has 0 amide bonds. The predicted molar refractivity (Wildman–Crippen MR) is 104 cm³/mol.